The maximum absolute atomic E-state index is 11.8. The summed E-state index contributed by atoms with van der Waals surface area (Å²) in [5.41, 5.74) is 1.05. The second-order valence-corrected chi connectivity index (χ2v) is 7.57. The van der Waals surface area contributed by atoms with Crippen LogP contribution in [-0.2, 0) is 8.87 Å². The highest BCUT2D eigenvalue weighted by atomic mass is 33.1. The lowest BCUT2D eigenvalue weighted by atomic mass is 10.2. The fourth-order valence-corrected chi connectivity index (χ4v) is 4.06. The Morgan fingerprint density at radius 2 is 1.81 bits per heavy atom. The van der Waals surface area contributed by atoms with Gasteiger partial charge in [0, 0.05) is 12.4 Å². The maximum Gasteiger partial charge on any atom is 0.229 e. The van der Waals surface area contributed by atoms with Crippen LogP contribution in [-0.4, -0.2) is 25.9 Å². The smallest absolute Gasteiger partial charge is 0.229 e. The van der Waals surface area contributed by atoms with E-state index >= 15 is 0 Å². The van der Waals surface area contributed by atoms with Crippen LogP contribution in [0.3, 0.4) is 0 Å². The van der Waals surface area contributed by atoms with Crippen LogP contribution in [0.4, 0.5) is 0 Å². The lowest BCUT2D eigenvalue weighted by molar-refractivity contribution is 0.287. The maximum atomic E-state index is 11.8. The van der Waals surface area contributed by atoms with Gasteiger partial charge in [-0.3, -0.25) is 0 Å². The lowest BCUT2D eigenvalue weighted by Gasteiger charge is -2.03. The molecular weight excluding hydrogens is 244 g/mol. The zero-order valence-corrected chi connectivity index (χ0v) is 10.9. The molecule has 0 heterocycles. The van der Waals surface area contributed by atoms with Crippen molar-refractivity contribution in [3.8, 4) is 0 Å². The third-order valence-electron chi connectivity index (χ3n) is 2.10. The highest BCUT2D eigenvalue weighted by molar-refractivity contribution is 8.72. The quantitative estimate of drug-likeness (QED) is 0.629. The van der Waals surface area contributed by atoms with E-state index in [1.807, 2.05) is 6.92 Å². The Morgan fingerprint density at radius 1 is 1.19 bits per heavy atom. The van der Waals surface area contributed by atoms with Gasteiger partial charge in [-0.1, -0.05) is 17.7 Å². The Balaban J connectivity index is 2.60. The molecule has 0 amide bonds. The molecule has 0 aromatic heterocycles. The van der Waals surface area contributed by atoms with E-state index < -0.39 is 8.87 Å². The largest absolute Gasteiger partial charge is 0.396 e. The van der Waals surface area contributed by atoms with Crippen molar-refractivity contribution < 1.29 is 13.5 Å². The molecule has 0 aliphatic carbocycles. The summed E-state index contributed by atoms with van der Waals surface area (Å²) in [6.07, 6.45) is 1.36. The first-order valence-electron chi connectivity index (χ1n) is 5.13. The summed E-state index contributed by atoms with van der Waals surface area (Å²) in [5.74, 6) is 0.525. The Morgan fingerprint density at radius 3 is 2.38 bits per heavy atom. The van der Waals surface area contributed by atoms with Gasteiger partial charge < -0.3 is 5.11 Å². The summed E-state index contributed by atoms with van der Waals surface area (Å²) in [5, 5.41) is 8.58. The second-order valence-electron chi connectivity index (χ2n) is 3.52. The minimum Gasteiger partial charge on any atom is -0.396 e. The highest BCUT2D eigenvalue weighted by Crippen LogP contribution is 2.24. The van der Waals surface area contributed by atoms with Gasteiger partial charge in [-0.2, -0.15) is 0 Å². The predicted molar refractivity (Wildman–Crippen MR) is 67.1 cm³/mol. The van der Waals surface area contributed by atoms with Crippen LogP contribution < -0.4 is 0 Å². The number of aryl methyl sites for hydroxylation is 1. The molecule has 5 heteroatoms. The van der Waals surface area contributed by atoms with Gasteiger partial charge in [-0.25, -0.2) is 8.42 Å². The van der Waals surface area contributed by atoms with E-state index in [1.54, 1.807) is 24.3 Å². The first kappa shape index (κ1) is 13.5. The van der Waals surface area contributed by atoms with E-state index in [0.29, 0.717) is 23.5 Å². The first-order valence-corrected chi connectivity index (χ1v) is 8.12. The number of aliphatic hydroxyl groups is 1. The van der Waals surface area contributed by atoms with Crippen LogP contribution in [0, 0.1) is 6.92 Å². The highest BCUT2D eigenvalue weighted by Gasteiger charge is 2.13. The Labute approximate surface area is 100 Å². The SMILES string of the molecule is Cc1ccc(S(=O)(=O)SCCCCO)cc1. The molecule has 0 saturated heterocycles. The second kappa shape index (κ2) is 6.27. The van der Waals surface area contributed by atoms with Crippen molar-refractivity contribution in [2.75, 3.05) is 12.4 Å². The fraction of sp³-hybridized carbons (Fsp3) is 0.455. The third-order valence-corrected chi connectivity index (χ3v) is 5.72. The molecule has 90 valence electrons. The molecule has 1 N–H and O–H groups in total. The zero-order valence-electron chi connectivity index (χ0n) is 9.22. The molecule has 0 aliphatic rings. The molecule has 1 aromatic carbocycles. The number of hydrogen-bond acceptors (Lipinski definition) is 4. The average molecular weight is 260 g/mol. The summed E-state index contributed by atoms with van der Waals surface area (Å²) in [6, 6.07) is 6.84. The molecule has 3 nitrogen and oxygen atoms in total. The predicted octanol–water partition coefficient (Wildman–Crippen LogP) is 2.19. The Bertz CT molecular complexity index is 409. The van der Waals surface area contributed by atoms with E-state index in [-0.39, 0.29) is 6.61 Å². The molecule has 0 radical (unpaired) electrons. The van der Waals surface area contributed by atoms with Crippen molar-refractivity contribution in [1.82, 2.24) is 0 Å². The zero-order chi connectivity index (χ0) is 12.0. The van der Waals surface area contributed by atoms with Gasteiger partial charge in [0.1, 0.15) is 0 Å². The van der Waals surface area contributed by atoms with E-state index in [2.05, 4.69) is 0 Å². The van der Waals surface area contributed by atoms with E-state index in [9.17, 15) is 8.42 Å². The first-order chi connectivity index (χ1) is 7.56. The molecule has 1 rings (SSSR count). The lowest BCUT2D eigenvalue weighted by Crippen LogP contribution is -1.97. The molecule has 0 unspecified atom stereocenters. The number of hydrogen-bond donors (Lipinski definition) is 1. The van der Waals surface area contributed by atoms with Gasteiger partial charge in [0.2, 0.25) is 8.87 Å². The van der Waals surface area contributed by atoms with E-state index in [0.717, 1.165) is 16.4 Å². The number of rotatable bonds is 6. The normalized spacial score (nSPS) is 11.6. The summed E-state index contributed by atoms with van der Waals surface area (Å²) in [7, 11) is -2.28. The molecule has 16 heavy (non-hydrogen) atoms. The van der Waals surface area contributed by atoms with Crippen LogP contribution in [0.15, 0.2) is 29.2 Å². The van der Waals surface area contributed by atoms with Crippen molar-refractivity contribution in [2.45, 2.75) is 24.7 Å². The van der Waals surface area contributed by atoms with Crippen LogP contribution >= 0.6 is 10.8 Å². The van der Waals surface area contributed by atoms with Crippen molar-refractivity contribution in [1.29, 1.82) is 0 Å². The third kappa shape index (κ3) is 4.15. The van der Waals surface area contributed by atoms with Crippen molar-refractivity contribution in [3.63, 3.8) is 0 Å². The molecule has 0 aliphatic heterocycles. The molecular formula is C11H16O3S2. The van der Waals surface area contributed by atoms with Crippen LogP contribution in [0.1, 0.15) is 18.4 Å². The van der Waals surface area contributed by atoms with Gasteiger partial charge in [0.05, 0.1) is 4.90 Å². The average Bonchev–Trinajstić information content (AvgIpc) is 2.25. The van der Waals surface area contributed by atoms with E-state index in [1.165, 1.54) is 0 Å². The number of aliphatic hydroxyl groups excluding tert-OH is 1. The molecule has 0 saturated carbocycles. The Kier molecular flexibility index (Phi) is 5.31. The summed E-state index contributed by atoms with van der Waals surface area (Å²) in [4.78, 5) is 0.354. The van der Waals surface area contributed by atoms with Gasteiger partial charge in [0.15, 0.2) is 0 Å². The van der Waals surface area contributed by atoms with Crippen molar-refractivity contribution >= 4 is 19.7 Å². The van der Waals surface area contributed by atoms with Gasteiger partial charge in [0.25, 0.3) is 0 Å². The standard InChI is InChI=1S/C11H16O3S2/c1-10-4-6-11(7-5-10)16(13,14)15-9-3-2-8-12/h4-7,12H,2-3,8-9H2,1H3. The van der Waals surface area contributed by atoms with Crippen LogP contribution in [0.25, 0.3) is 0 Å². The fourth-order valence-electron chi connectivity index (χ4n) is 1.16. The van der Waals surface area contributed by atoms with Crippen molar-refractivity contribution in [3.05, 3.63) is 29.8 Å². The molecule has 1 aromatic rings. The minimum absolute atomic E-state index is 0.116. The number of unbranched alkanes of at least 4 members (excludes halogenated alkanes) is 1. The summed E-state index contributed by atoms with van der Waals surface area (Å²) >= 11 is 0. The van der Waals surface area contributed by atoms with Crippen molar-refractivity contribution in [2.24, 2.45) is 0 Å². The van der Waals surface area contributed by atoms with E-state index in [4.69, 9.17) is 5.11 Å². The van der Waals surface area contributed by atoms with Gasteiger partial charge in [-0.15, -0.1) is 0 Å². The minimum atomic E-state index is -3.22. The van der Waals surface area contributed by atoms with Gasteiger partial charge in [-0.05, 0) is 42.7 Å². The van der Waals surface area contributed by atoms with Crippen LogP contribution in [0.5, 0.6) is 0 Å². The topological polar surface area (TPSA) is 54.4 Å². The van der Waals surface area contributed by atoms with Crippen LogP contribution in [0.2, 0.25) is 0 Å². The summed E-state index contributed by atoms with van der Waals surface area (Å²) < 4.78 is 23.6. The molecule has 0 spiro atoms. The molecule has 0 fully saturated rings. The molecule has 0 bridgehead atoms. The Hall–Kier alpha value is -0.520. The number of benzene rings is 1. The van der Waals surface area contributed by atoms with Gasteiger partial charge >= 0.3 is 0 Å². The summed E-state index contributed by atoms with van der Waals surface area (Å²) in [6.45, 7) is 2.04. The monoisotopic (exact) mass is 260 g/mol. The molecule has 0 atom stereocenters.